The summed E-state index contributed by atoms with van der Waals surface area (Å²) in [6, 6.07) is 4.58. The molecule has 1 aromatic carbocycles. The molecule has 0 saturated carbocycles. The summed E-state index contributed by atoms with van der Waals surface area (Å²) in [5, 5.41) is 10.5. The zero-order chi connectivity index (χ0) is 17.2. The largest absolute Gasteiger partial charge is 0.444 e. The molecular formula is C17H23ClFNO3. The number of carbonyl (C=O) groups is 1. The van der Waals surface area contributed by atoms with E-state index in [1.165, 1.54) is 12.1 Å². The van der Waals surface area contributed by atoms with Crippen LogP contribution in [0.3, 0.4) is 0 Å². The molecule has 1 aromatic rings. The monoisotopic (exact) mass is 343 g/mol. The van der Waals surface area contributed by atoms with Gasteiger partial charge in [-0.05, 0) is 39.7 Å². The zero-order valence-electron chi connectivity index (χ0n) is 13.7. The van der Waals surface area contributed by atoms with Gasteiger partial charge in [-0.15, -0.1) is 0 Å². The summed E-state index contributed by atoms with van der Waals surface area (Å²) in [7, 11) is 0. The van der Waals surface area contributed by atoms with Crippen LogP contribution in [0.25, 0.3) is 0 Å². The van der Waals surface area contributed by atoms with Crippen LogP contribution in [0.15, 0.2) is 18.2 Å². The Labute approximate surface area is 141 Å². The molecule has 0 aliphatic carbocycles. The maximum atomic E-state index is 14.1. The molecule has 6 heteroatoms. The molecule has 23 heavy (non-hydrogen) atoms. The summed E-state index contributed by atoms with van der Waals surface area (Å²) in [6.45, 7) is 6.34. The molecule has 2 atom stereocenters. The average molecular weight is 344 g/mol. The summed E-state index contributed by atoms with van der Waals surface area (Å²) < 4.78 is 19.5. The first-order valence-electron chi connectivity index (χ1n) is 7.79. The number of carbonyl (C=O) groups excluding carboxylic acids is 1. The normalized spacial score (nSPS) is 20.3. The highest BCUT2D eigenvalue weighted by Gasteiger charge is 2.32. The smallest absolute Gasteiger partial charge is 0.410 e. The number of aliphatic hydroxyl groups excluding tert-OH is 1. The summed E-state index contributed by atoms with van der Waals surface area (Å²) in [5.41, 5.74) is -0.393. The van der Waals surface area contributed by atoms with Crippen LogP contribution in [0.5, 0.6) is 0 Å². The Morgan fingerprint density at radius 1 is 1.48 bits per heavy atom. The molecule has 1 heterocycles. The quantitative estimate of drug-likeness (QED) is 0.877. The minimum atomic E-state index is -1.00. The number of halogens is 2. The second-order valence-corrected chi connectivity index (χ2v) is 7.32. The first-order chi connectivity index (χ1) is 10.7. The topological polar surface area (TPSA) is 49.8 Å². The standard InChI is InChI=1S/C17H23ClFNO3/c1-17(2,3)23-16(22)20-9-5-6-11(10-20)15(21)12-7-4-8-13(18)14(12)19/h4,7-8,11,15,21H,5-6,9-10H2,1-3H3/t11-,15-/m1/s1. The van der Waals surface area contributed by atoms with Gasteiger partial charge in [-0.25, -0.2) is 9.18 Å². The number of benzene rings is 1. The molecule has 1 amide bonds. The van der Waals surface area contributed by atoms with Crippen LogP contribution in [-0.4, -0.2) is 34.8 Å². The fourth-order valence-electron chi connectivity index (χ4n) is 2.76. The van der Waals surface area contributed by atoms with E-state index in [0.717, 1.165) is 6.42 Å². The van der Waals surface area contributed by atoms with E-state index in [1.807, 2.05) is 20.8 Å². The van der Waals surface area contributed by atoms with Gasteiger partial charge in [0.05, 0.1) is 11.1 Å². The third-order valence-electron chi connectivity index (χ3n) is 3.86. The van der Waals surface area contributed by atoms with Crippen molar-refractivity contribution in [3.05, 3.63) is 34.6 Å². The minimum absolute atomic E-state index is 0.0126. The lowest BCUT2D eigenvalue weighted by Crippen LogP contribution is -2.44. The first kappa shape index (κ1) is 18.0. The molecule has 0 unspecified atom stereocenters. The highest BCUT2D eigenvalue weighted by atomic mass is 35.5. The van der Waals surface area contributed by atoms with Gasteiger partial charge in [-0.1, -0.05) is 23.7 Å². The molecular weight excluding hydrogens is 321 g/mol. The van der Waals surface area contributed by atoms with Crippen LogP contribution >= 0.6 is 11.6 Å². The van der Waals surface area contributed by atoms with Gasteiger partial charge in [-0.3, -0.25) is 0 Å². The van der Waals surface area contributed by atoms with Gasteiger partial charge in [0.15, 0.2) is 0 Å². The fraction of sp³-hybridized carbons (Fsp3) is 0.588. The second kappa shape index (κ2) is 7.05. The predicted molar refractivity (Wildman–Crippen MR) is 86.9 cm³/mol. The first-order valence-corrected chi connectivity index (χ1v) is 8.17. The van der Waals surface area contributed by atoms with E-state index in [4.69, 9.17) is 16.3 Å². The van der Waals surface area contributed by atoms with Crippen molar-refractivity contribution in [1.82, 2.24) is 4.90 Å². The maximum Gasteiger partial charge on any atom is 0.410 e. The number of piperidine rings is 1. The van der Waals surface area contributed by atoms with Gasteiger partial charge in [0.2, 0.25) is 0 Å². The molecule has 1 aliphatic rings. The van der Waals surface area contributed by atoms with E-state index >= 15 is 0 Å². The van der Waals surface area contributed by atoms with Crippen molar-refractivity contribution in [3.63, 3.8) is 0 Å². The highest BCUT2D eigenvalue weighted by molar-refractivity contribution is 6.30. The van der Waals surface area contributed by atoms with E-state index < -0.39 is 23.6 Å². The van der Waals surface area contributed by atoms with Crippen molar-refractivity contribution in [2.75, 3.05) is 13.1 Å². The van der Waals surface area contributed by atoms with E-state index in [0.29, 0.717) is 19.5 Å². The third-order valence-corrected chi connectivity index (χ3v) is 4.15. The van der Waals surface area contributed by atoms with Crippen molar-refractivity contribution >= 4 is 17.7 Å². The lowest BCUT2D eigenvalue weighted by Gasteiger charge is -2.36. The molecule has 1 fully saturated rings. The summed E-state index contributed by atoms with van der Waals surface area (Å²) in [6.07, 6.45) is 0.0511. The van der Waals surface area contributed by atoms with Gasteiger partial charge in [-0.2, -0.15) is 0 Å². The number of hydrogen-bond acceptors (Lipinski definition) is 3. The Morgan fingerprint density at radius 2 is 2.17 bits per heavy atom. The molecule has 2 rings (SSSR count). The lowest BCUT2D eigenvalue weighted by atomic mass is 9.88. The molecule has 0 radical (unpaired) electrons. The van der Waals surface area contributed by atoms with E-state index in [9.17, 15) is 14.3 Å². The van der Waals surface area contributed by atoms with Crippen LogP contribution in [0.2, 0.25) is 5.02 Å². The van der Waals surface area contributed by atoms with E-state index in [2.05, 4.69) is 0 Å². The van der Waals surface area contributed by atoms with Crippen LogP contribution in [-0.2, 0) is 4.74 Å². The minimum Gasteiger partial charge on any atom is -0.444 e. The van der Waals surface area contributed by atoms with Gasteiger partial charge >= 0.3 is 6.09 Å². The zero-order valence-corrected chi connectivity index (χ0v) is 14.4. The van der Waals surface area contributed by atoms with Crippen LogP contribution < -0.4 is 0 Å². The third kappa shape index (κ3) is 4.58. The Kier molecular flexibility index (Phi) is 5.53. The SMILES string of the molecule is CC(C)(C)OC(=O)N1CCC[C@@H]([C@@H](O)c2cccc(Cl)c2F)C1. The van der Waals surface area contributed by atoms with E-state index in [1.54, 1.807) is 11.0 Å². The van der Waals surface area contributed by atoms with Crippen molar-refractivity contribution in [2.24, 2.45) is 5.92 Å². The summed E-state index contributed by atoms with van der Waals surface area (Å²) >= 11 is 5.78. The van der Waals surface area contributed by atoms with Crippen molar-refractivity contribution in [1.29, 1.82) is 0 Å². The van der Waals surface area contributed by atoms with Crippen molar-refractivity contribution < 1.29 is 19.0 Å². The Morgan fingerprint density at radius 3 is 2.83 bits per heavy atom. The Hall–Kier alpha value is -1.33. The summed E-state index contributed by atoms with van der Waals surface area (Å²) in [4.78, 5) is 13.7. The van der Waals surface area contributed by atoms with Crippen LogP contribution in [0, 0.1) is 11.7 Å². The number of hydrogen-bond donors (Lipinski definition) is 1. The second-order valence-electron chi connectivity index (χ2n) is 6.92. The summed E-state index contributed by atoms with van der Waals surface area (Å²) in [5.74, 6) is -0.847. The number of nitrogens with zero attached hydrogens (tertiary/aromatic N) is 1. The molecule has 1 aliphatic heterocycles. The number of ether oxygens (including phenoxy) is 1. The molecule has 0 bridgehead atoms. The Bertz CT molecular complexity index is 573. The van der Waals surface area contributed by atoms with Gasteiger partial charge < -0.3 is 14.7 Å². The van der Waals surface area contributed by atoms with Crippen LogP contribution in [0.1, 0.15) is 45.3 Å². The average Bonchev–Trinajstić information content (AvgIpc) is 2.48. The van der Waals surface area contributed by atoms with Gasteiger partial charge in [0, 0.05) is 24.6 Å². The van der Waals surface area contributed by atoms with Crippen molar-refractivity contribution in [2.45, 2.75) is 45.3 Å². The van der Waals surface area contributed by atoms with Crippen LogP contribution in [0.4, 0.5) is 9.18 Å². The molecule has 0 aromatic heterocycles. The predicted octanol–water partition coefficient (Wildman–Crippen LogP) is 4.16. The molecule has 128 valence electrons. The Balaban J connectivity index is 2.08. The fourth-order valence-corrected chi connectivity index (χ4v) is 2.94. The van der Waals surface area contributed by atoms with Gasteiger partial charge in [0.1, 0.15) is 11.4 Å². The molecule has 1 saturated heterocycles. The van der Waals surface area contributed by atoms with E-state index in [-0.39, 0.29) is 16.5 Å². The number of likely N-dealkylation sites (tertiary alicyclic amines) is 1. The highest BCUT2D eigenvalue weighted by Crippen LogP contribution is 2.33. The number of amides is 1. The molecule has 1 N–H and O–H groups in total. The number of aliphatic hydroxyl groups is 1. The maximum absolute atomic E-state index is 14.1. The molecule has 0 spiro atoms. The van der Waals surface area contributed by atoms with Gasteiger partial charge in [0.25, 0.3) is 0 Å². The molecule has 4 nitrogen and oxygen atoms in total. The number of rotatable bonds is 2. The van der Waals surface area contributed by atoms with Crippen molar-refractivity contribution in [3.8, 4) is 0 Å². The lowest BCUT2D eigenvalue weighted by molar-refractivity contribution is 0.00191.